The Bertz CT molecular complexity index is 526. The van der Waals surface area contributed by atoms with E-state index in [1.807, 2.05) is 6.92 Å². The van der Waals surface area contributed by atoms with Gasteiger partial charge in [-0.1, -0.05) is 0 Å². The van der Waals surface area contributed by atoms with E-state index in [4.69, 9.17) is 9.72 Å². The summed E-state index contributed by atoms with van der Waals surface area (Å²) in [7, 11) is 1.73. The highest BCUT2D eigenvalue weighted by Crippen LogP contribution is 2.23. The summed E-state index contributed by atoms with van der Waals surface area (Å²) in [6.07, 6.45) is 4.65. The molecule has 0 amide bonds. The van der Waals surface area contributed by atoms with Gasteiger partial charge in [0.2, 0.25) is 0 Å². The number of hydrogen-bond acceptors (Lipinski definition) is 6. The highest BCUT2D eigenvalue weighted by Gasteiger charge is 2.25. The quantitative estimate of drug-likeness (QED) is 0.746. The molecular weight excluding hydrogens is 361 g/mol. The Morgan fingerprint density at radius 3 is 2.76 bits per heavy atom. The highest BCUT2D eigenvalue weighted by atomic mass is 35.5. The van der Waals surface area contributed by atoms with E-state index in [-0.39, 0.29) is 24.8 Å². The van der Waals surface area contributed by atoms with E-state index in [0.29, 0.717) is 12.6 Å². The molecule has 3 heterocycles. The molecule has 0 saturated carbocycles. The number of ether oxygens (including phenoxy) is 1. The number of fused-ring (bicyclic) bond motifs is 1. The molecule has 0 aromatic carbocycles. The van der Waals surface area contributed by atoms with Gasteiger partial charge in [-0.3, -0.25) is 4.90 Å². The van der Waals surface area contributed by atoms with Crippen molar-refractivity contribution in [3.05, 3.63) is 17.1 Å². The number of anilines is 1. The van der Waals surface area contributed by atoms with Crippen molar-refractivity contribution in [3.63, 3.8) is 0 Å². The maximum absolute atomic E-state index is 5.14. The zero-order valence-electron chi connectivity index (χ0n) is 15.2. The lowest BCUT2D eigenvalue weighted by Gasteiger charge is -2.33. The smallest absolute Gasteiger partial charge is 0.133 e. The summed E-state index contributed by atoms with van der Waals surface area (Å²) < 4.78 is 5.14. The highest BCUT2D eigenvalue weighted by molar-refractivity contribution is 5.85. The lowest BCUT2D eigenvalue weighted by Crippen LogP contribution is -2.46. The molecule has 1 atom stereocenters. The minimum absolute atomic E-state index is 0. The van der Waals surface area contributed by atoms with Crippen LogP contribution in [0.5, 0.6) is 0 Å². The molecule has 2 N–H and O–H groups in total. The fourth-order valence-corrected chi connectivity index (χ4v) is 3.67. The average molecular weight is 392 g/mol. The maximum Gasteiger partial charge on any atom is 0.133 e. The van der Waals surface area contributed by atoms with E-state index < -0.39 is 0 Å². The molecule has 8 heteroatoms. The Balaban J connectivity index is 0.00000156. The Kier molecular flexibility index (Phi) is 9.97. The number of aryl methyl sites for hydroxylation is 1. The third-order valence-corrected chi connectivity index (χ3v) is 4.88. The Morgan fingerprint density at radius 2 is 2.04 bits per heavy atom. The van der Waals surface area contributed by atoms with E-state index in [1.165, 1.54) is 30.6 Å². The maximum atomic E-state index is 5.14. The topological polar surface area (TPSA) is 62.3 Å². The van der Waals surface area contributed by atoms with Crippen LogP contribution in [-0.2, 0) is 17.6 Å². The van der Waals surface area contributed by atoms with Crippen LogP contribution in [0.2, 0.25) is 0 Å². The van der Waals surface area contributed by atoms with Crippen molar-refractivity contribution in [1.29, 1.82) is 0 Å². The third kappa shape index (κ3) is 5.93. The van der Waals surface area contributed by atoms with Crippen molar-refractivity contribution in [1.82, 2.24) is 20.2 Å². The third-order valence-electron chi connectivity index (χ3n) is 4.88. The van der Waals surface area contributed by atoms with Gasteiger partial charge in [0.05, 0.1) is 12.3 Å². The van der Waals surface area contributed by atoms with Crippen LogP contribution in [0, 0.1) is 6.92 Å². The second-order valence-corrected chi connectivity index (χ2v) is 6.50. The van der Waals surface area contributed by atoms with Crippen molar-refractivity contribution >= 4 is 30.6 Å². The van der Waals surface area contributed by atoms with E-state index in [0.717, 1.165) is 50.7 Å². The van der Waals surface area contributed by atoms with E-state index in [1.54, 1.807) is 7.11 Å². The first-order valence-electron chi connectivity index (χ1n) is 8.82. The van der Waals surface area contributed by atoms with Crippen LogP contribution in [0.25, 0.3) is 0 Å². The van der Waals surface area contributed by atoms with Crippen molar-refractivity contribution < 1.29 is 4.74 Å². The minimum Gasteiger partial charge on any atom is -0.383 e. The monoisotopic (exact) mass is 391 g/mol. The van der Waals surface area contributed by atoms with E-state index in [9.17, 15) is 0 Å². The molecule has 2 aliphatic heterocycles. The van der Waals surface area contributed by atoms with Gasteiger partial charge in [-0.25, -0.2) is 9.97 Å². The fourth-order valence-electron chi connectivity index (χ4n) is 3.67. The van der Waals surface area contributed by atoms with Gasteiger partial charge in [0, 0.05) is 51.3 Å². The molecule has 25 heavy (non-hydrogen) atoms. The van der Waals surface area contributed by atoms with E-state index in [2.05, 4.69) is 20.5 Å². The molecule has 6 nitrogen and oxygen atoms in total. The number of hydrogen-bond donors (Lipinski definition) is 2. The van der Waals surface area contributed by atoms with Gasteiger partial charge in [0.1, 0.15) is 11.6 Å². The summed E-state index contributed by atoms with van der Waals surface area (Å²) in [6.45, 7) is 7.96. The minimum atomic E-state index is 0. The average Bonchev–Trinajstić information content (AvgIpc) is 2.78. The van der Waals surface area contributed by atoms with Crippen LogP contribution in [-0.4, -0.2) is 67.4 Å². The Labute approximate surface area is 163 Å². The summed E-state index contributed by atoms with van der Waals surface area (Å²) in [6, 6.07) is 0.678. The van der Waals surface area contributed by atoms with Crippen LogP contribution in [0.3, 0.4) is 0 Å². The number of methoxy groups -OCH3 is 1. The summed E-state index contributed by atoms with van der Waals surface area (Å²) in [4.78, 5) is 12.0. The summed E-state index contributed by atoms with van der Waals surface area (Å²) in [5, 5.41) is 6.96. The molecule has 1 aromatic heterocycles. The molecule has 144 valence electrons. The molecule has 1 fully saturated rings. The van der Waals surface area contributed by atoms with Gasteiger partial charge in [0.25, 0.3) is 0 Å². The molecule has 0 bridgehead atoms. The number of piperidine rings is 1. The second kappa shape index (κ2) is 11.1. The molecule has 2 aliphatic rings. The van der Waals surface area contributed by atoms with Crippen LogP contribution in [0.15, 0.2) is 0 Å². The summed E-state index contributed by atoms with van der Waals surface area (Å²) in [5.41, 5.74) is 2.53. The van der Waals surface area contributed by atoms with Gasteiger partial charge in [-0.15, -0.1) is 24.8 Å². The van der Waals surface area contributed by atoms with Crippen molar-refractivity contribution in [2.45, 2.75) is 38.6 Å². The standard InChI is InChI=1S/C17H29N5O.2ClH/c1-13-20-16-6-10-22(14-4-3-7-18-12-14)9-5-15(16)17(21-13)19-8-11-23-2;;/h14,18H,3-12H2,1-2H3,(H,19,20,21);2*1H. The first-order chi connectivity index (χ1) is 11.3. The normalized spacial score (nSPS) is 20.6. The largest absolute Gasteiger partial charge is 0.383 e. The lowest BCUT2D eigenvalue weighted by atomic mass is 10.1. The van der Waals surface area contributed by atoms with Gasteiger partial charge in [0.15, 0.2) is 0 Å². The lowest BCUT2D eigenvalue weighted by molar-refractivity contribution is 0.173. The molecular formula is C17H31Cl2N5O. The molecule has 1 aromatic rings. The van der Waals surface area contributed by atoms with Crippen molar-refractivity contribution in [2.24, 2.45) is 0 Å². The SMILES string of the molecule is COCCNc1nc(C)nc2c1CCN(C1CCCNC1)CC2.Cl.Cl. The van der Waals surface area contributed by atoms with Crippen LogP contribution >= 0.6 is 24.8 Å². The fraction of sp³-hybridized carbons (Fsp3) is 0.765. The number of halogens is 2. The summed E-state index contributed by atoms with van der Waals surface area (Å²) in [5.74, 6) is 1.87. The number of aromatic nitrogens is 2. The van der Waals surface area contributed by atoms with Gasteiger partial charge < -0.3 is 15.4 Å². The van der Waals surface area contributed by atoms with Gasteiger partial charge in [-0.05, 0) is 32.7 Å². The number of rotatable bonds is 5. The molecule has 1 unspecified atom stereocenters. The molecule has 0 aliphatic carbocycles. The first kappa shape index (κ1) is 22.4. The Morgan fingerprint density at radius 1 is 1.24 bits per heavy atom. The molecule has 0 spiro atoms. The van der Waals surface area contributed by atoms with Gasteiger partial charge >= 0.3 is 0 Å². The predicted molar refractivity (Wildman–Crippen MR) is 107 cm³/mol. The number of nitrogens with one attached hydrogen (secondary N) is 2. The van der Waals surface area contributed by atoms with Crippen LogP contribution < -0.4 is 10.6 Å². The van der Waals surface area contributed by atoms with E-state index >= 15 is 0 Å². The van der Waals surface area contributed by atoms with Crippen LogP contribution in [0.1, 0.15) is 29.9 Å². The molecule has 3 rings (SSSR count). The molecule has 1 saturated heterocycles. The zero-order chi connectivity index (χ0) is 16.1. The first-order valence-corrected chi connectivity index (χ1v) is 8.82. The Hall–Kier alpha value is -0.660. The van der Waals surface area contributed by atoms with Gasteiger partial charge in [-0.2, -0.15) is 0 Å². The van der Waals surface area contributed by atoms with Crippen molar-refractivity contribution in [2.75, 3.05) is 51.8 Å². The zero-order valence-corrected chi connectivity index (χ0v) is 16.8. The molecule has 0 radical (unpaired) electrons. The number of nitrogens with zero attached hydrogens (tertiary/aromatic N) is 3. The van der Waals surface area contributed by atoms with Crippen molar-refractivity contribution in [3.8, 4) is 0 Å². The van der Waals surface area contributed by atoms with Crippen LogP contribution in [0.4, 0.5) is 5.82 Å². The second-order valence-electron chi connectivity index (χ2n) is 6.50. The predicted octanol–water partition coefficient (Wildman–Crippen LogP) is 1.84. The summed E-state index contributed by atoms with van der Waals surface area (Å²) >= 11 is 0.